The molecule has 1 aliphatic carbocycles. The molecule has 0 heterocycles. The minimum atomic E-state index is 0.255. The summed E-state index contributed by atoms with van der Waals surface area (Å²) in [5.74, 6) is 0.330. The molecule has 2 N–H and O–H groups in total. The van der Waals surface area contributed by atoms with Crippen molar-refractivity contribution in [3.63, 3.8) is 0 Å². The predicted octanol–water partition coefficient (Wildman–Crippen LogP) is 2.65. The molecule has 0 aromatic heterocycles. The number of rotatable bonds is 4. The summed E-state index contributed by atoms with van der Waals surface area (Å²) in [6, 6.07) is 6.87. The highest BCUT2D eigenvalue weighted by molar-refractivity contribution is 9.10. The Morgan fingerprint density at radius 2 is 2.38 bits per heavy atom. The van der Waals surface area contributed by atoms with Crippen LogP contribution in [0.3, 0.4) is 0 Å². The van der Waals surface area contributed by atoms with Gasteiger partial charge in [0.2, 0.25) is 0 Å². The van der Waals surface area contributed by atoms with Crippen molar-refractivity contribution in [3.05, 3.63) is 33.8 Å². The van der Waals surface area contributed by atoms with E-state index in [1.807, 2.05) is 0 Å². The summed E-state index contributed by atoms with van der Waals surface area (Å²) < 4.78 is 1.23. The van der Waals surface area contributed by atoms with Crippen molar-refractivity contribution in [2.24, 2.45) is 5.92 Å². The van der Waals surface area contributed by atoms with Crippen LogP contribution >= 0.6 is 15.9 Å². The molecule has 88 valence electrons. The lowest BCUT2D eigenvalue weighted by atomic mass is 10.1. The van der Waals surface area contributed by atoms with Gasteiger partial charge in [-0.3, -0.25) is 0 Å². The third kappa shape index (κ3) is 2.47. The SMILES string of the molecule is CC(CO)CNC1CCc2c(Br)cccc21. The van der Waals surface area contributed by atoms with E-state index in [0.717, 1.165) is 19.4 Å². The van der Waals surface area contributed by atoms with Gasteiger partial charge in [-0.15, -0.1) is 0 Å². The maximum Gasteiger partial charge on any atom is 0.0468 e. The molecule has 1 aromatic carbocycles. The first kappa shape index (κ1) is 12.1. The Bertz CT molecular complexity index is 367. The average Bonchev–Trinajstić information content (AvgIpc) is 2.70. The van der Waals surface area contributed by atoms with Crippen LogP contribution in [0.4, 0.5) is 0 Å². The Kier molecular flexibility index (Phi) is 4.00. The molecule has 0 spiro atoms. The van der Waals surface area contributed by atoms with Gasteiger partial charge in [0.25, 0.3) is 0 Å². The third-order valence-electron chi connectivity index (χ3n) is 3.24. The fourth-order valence-electron chi connectivity index (χ4n) is 2.23. The molecule has 0 radical (unpaired) electrons. The summed E-state index contributed by atoms with van der Waals surface area (Å²) in [4.78, 5) is 0. The second-order valence-corrected chi connectivity index (χ2v) is 5.45. The molecular weight excluding hydrogens is 266 g/mol. The number of hydrogen-bond donors (Lipinski definition) is 2. The Labute approximate surface area is 105 Å². The van der Waals surface area contributed by atoms with Gasteiger partial charge in [-0.1, -0.05) is 35.0 Å². The second-order valence-electron chi connectivity index (χ2n) is 4.59. The lowest BCUT2D eigenvalue weighted by molar-refractivity contribution is 0.230. The quantitative estimate of drug-likeness (QED) is 0.891. The fourth-order valence-corrected chi connectivity index (χ4v) is 2.81. The highest BCUT2D eigenvalue weighted by Gasteiger charge is 2.23. The van der Waals surface area contributed by atoms with Crippen LogP contribution < -0.4 is 5.32 Å². The summed E-state index contributed by atoms with van der Waals surface area (Å²) in [6.45, 7) is 3.20. The third-order valence-corrected chi connectivity index (χ3v) is 3.98. The summed E-state index contributed by atoms with van der Waals surface area (Å²) in [6.07, 6.45) is 2.30. The van der Waals surface area contributed by atoms with E-state index in [0.29, 0.717) is 12.0 Å². The van der Waals surface area contributed by atoms with E-state index in [1.165, 1.54) is 15.6 Å². The first-order chi connectivity index (χ1) is 7.72. The molecule has 2 atom stereocenters. The summed E-state index contributed by atoms with van der Waals surface area (Å²) in [7, 11) is 0. The largest absolute Gasteiger partial charge is 0.396 e. The van der Waals surface area contributed by atoms with E-state index >= 15 is 0 Å². The van der Waals surface area contributed by atoms with Gasteiger partial charge in [-0.05, 0) is 36.0 Å². The van der Waals surface area contributed by atoms with Gasteiger partial charge >= 0.3 is 0 Å². The Hall–Kier alpha value is -0.380. The number of benzene rings is 1. The lowest BCUT2D eigenvalue weighted by Crippen LogP contribution is -2.26. The van der Waals surface area contributed by atoms with Crippen molar-refractivity contribution in [2.45, 2.75) is 25.8 Å². The van der Waals surface area contributed by atoms with Crippen LogP contribution in [0.15, 0.2) is 22.7 Å². The molecule has 0 saturated carbocycles. The molecule has 2 rings (SSSR count). The smallest absolute Gasteiger partial charge is 0.0468 e. The van der Waals surface area contributed by atoms with E-state index in [2.05, 4.69) is 46.4 Å². The van der Waals surface area contributed by atoms with Gasteiger partial charge in [0, 0.05) is 23.7 Å². The van der Waals surface area contributed by atoms with Crippen molar-refractivity contribution < 1.29 is 5.11 Å². The normalized spacial score (nSPS) is 20.8. The van der Waals surface area contributed by atoms with Crippen LogP contribution in [-0.4, -0.2) is 18.3 Å². The summed E-state index contributed by atoms with van der Waals surface area (Å²) in [5.41, 5.74) is 2.86. The van der Waals surface area contributed by atoms with E-state index in [-0.39, 0.29) is 6.61 Å². The van der Waals surface area contributed by atoms with Gasteiger partial charge in [0.1, 0.15) is 0 Å². The molecule has 0 bridgehead atoms. The standard InChI is InChI=1S/C13H18BrNO/c1-9(8-16)7-15-13-6-5-10-11(13)3-2-4-12(10)14/h2-4,9,13,15-16H,5-8H2,1H3. The van der Waals surface area contributed by atoms with Crippen molar-refractivity contribution >= 4 is 15.9 Å². The highest BCUT2D eigenvalue weighted by Crippen LogP contribution is 2.35. The van der Waals surface area contributed by atoms with Gasteiger partial charge in [0.05, 0.1) is 0 Å². The topological polar surface area (TPSA) is 32.3 Å². The fraction of sp³-hybridized carbons (Fsp3) is 0.538. The van der Waals surface area contributed by atoms with Crippen LogP contribution in [0.2, 0.25) is 0 Å². The maximum absolute atomic E-state index is 9.00. The second kappa shape index (κ2) is 5.30. The van der Waals surface area contributed by atoms with Crippen LogP contribution in [0.25, 0.3) is 0 Å². The first-order valence-corrected chi connectivity index (χ1v) is 6.63. The Morgan fingerprint density at radius 1 is 1.56 bits per heavy atom. The zero-order valence-electron chi connectivity index (χ0n) is 9.54. The molecule has 2 nitrogen and oxygen atoms in total. The van der Waals surface area contributed by atoms with Crippen LogP contribution in [0.5, 0.6) is 0 Å². The van der Waals surface area contributed by atoms with Crippen LogP contribution in [-0.2, 0) is 6.42 Å². The number of hydrogen-bond acceptors (Lipinski definition) is 2. The summed E-state index contributed by atoms with van der Waals surface area (Å²) >= 11 is 3.60. The molecule has 0 amide bonds. The van der Waals surface area contributed by atoms with Gasteiger partial charge in [0.15, 0.2) is 0 Å². The number of fused-ring (bicyclic) bond motifs is 1. The van der Waals surface area contributed by atoms with Crippen LogP contribution in [0, 0.1) is 5.92 Å². The molecule has 16 heavy (non-hydrogen) atoms. The van der Waals surface area contributed by atoms with Crippen molar-refractivity contribution in [1.29, 1.82) is 0 Å². The van der Waals surface area contributed by atoms with Crippen molar-refractivity contribution in [1.82, 2.24) is 5.32 Å². The Balaban J connectivity index is 2.03. The van der Waals surface area contributed by atoms with Gasteiger partial charge < -0.3 is 10.4 Å². The minimum absolute atomic E-state index is 0.255. The number of nitrogens with one attached hydrogen (secondary N) is 1. The maximum atomic E-state index is 9.00. The molecule has 1 aliphatic rings. The van der Waals surface area contributed by atoms with Gasteiger partial charge in [-0.2, -0.15) is 0 Å². The van der Waals surface area contributed by atoms with E-state index in [9.17, 15) is 0 Å². The molecule has 0 aliphatic heterocycles. The van der Waals surface area contributed by atoms with E-state index in [4.69, 9.17) is 5.11 Å². The van der Waals surface area contributed by atoms with Crippen molar-refractivity contribution in [2.75, 3.05) is 13.2 Å². The number of halogens is 1. The van der Waals surface area contributed by atoms with E-state index in [1.54, 1.807) is 0 Å². The monoisotopic (exact) mass is 283 g/mol. The molecule has 0 fully saturated rings. The highest BCUT2D eigenvalue weighted by atomic mass is 79.9. The summed E-state index contributed by atoms with van der Waals surface area (Å²) in [5, 5.41) is 12.5. The van der Waals surface area contributed by atoms with Crippen molar-refractivity contribution in [3.8, 4) is 0 Å². The predicted molar refractivity (Wildman–Crippen MR) is 69.5 cm³/mol. The van der Waals surface area contributed by atoms with E-state index < -0.39 is 0 Å². The lowest BCUT2D eigenvalue weighted by Gasteiger charge is -2.16. The molecule has 2 unspecified atom stereocenters. The minimum Gasteiger partial charge on any atom is -0.396 e. The molecule has 0 saturated heterocycles. The first-order valence-electron chi connectivity index (χ1n) is 5.84. The molecule has 1 aromatic rings. The van der Waals surface area contributed by atoms with Crippen LogP contribution in [0.1, 0.15) is 30.5 Å². The molecular formula is C13H18BrNO. The average molecular weight is 284 g/mol. The zero-order valence-corrected chi connectivity index (χ0v) is 11.1. The number of aliphatic hydroxyl groups excluding tert-OH is 1. The number of aliphatic hydroxyl groups is 1. The zero-order chi connectivity index (χ0) is 11.5. The Morgan fingerprint density at radius 3 is 3.12 bits per heavy atom. The molecule has 3 heteroatoms. The van der Waals surface area contributed by atoms with Gasteiger partial charge in [-0.25, -0.2) is 0 Å².